The zero-order chi connectivity index (χ0) is 15.1. The average Bonchev–Trinajstić information content (AvgIpc) is 2.45. The second kappa shape index (κ2) is 7.59. The summed E-state index contributed by atoms with van der Waals surface area (Å²) in [6.45, 7) is 4.50. The summed E-state index contributed by atoms with van der Waals surface area (Å²) in [6.07, 6.45) is 0. The van der Waals surface area contributed by atoms with Gasteiger partial charge in [0.25, 0.3) is 0 Å². The van der Waals surface area contributed by atoms with Crippen LogP contribution in [0.3, 0.4) is 0 Å². The van der Waals surface area contributed by atoms with Crippen LogP contribution in [0.4, 0.5) is 11.6 Å². The van der Waals surface area contributed by atoms with Gasteiger partial charge in [0.1, 0.15) is 17.5 Å². The first-order valence-electron chi connectivity index (χ1n) is 7.15. The van der Waals surface area contributed by atoms with Crippen LogP contribution >= 0.6 is 0 Å². The summed E-state index contributed by atoms with van der Waals surface area (Å²) in [7, 11) is 4.11. The Morgan fingerprint density at radius 3 is 2.33 bits per heavy atom. The Bertz CT molecular complexity index is 554. The molecule has 0 unspecified atom stereocenters. The van der Waals surface area contributed by atoms with Crippen LogP contribution in [0.1, 0.15) is 11.4 Å². The van der Waals surface area contributed by atoms with Crippen molar-refractivity contribution in [2.45, 2.75) is 13.5 Å². The quantitative estimate of drug-likeness (QED) is 0.818. The van der Waals surface area contributed by atoms with Crippen molar-refractivity contribution in [2.24, 2.45) is 0 Å². The highest BCUT2D eigenvalue weighted by Gasteiger charge is 2.02. The molecule has 0 atom stereocenters. The number of anilines is 2. The van der Waals surface area contributed by atoms with Gasteiger partial charge in [-0.2, -0.15) is 0 Å². The second-order valence-electron chi connectivity index (χ2n) is 5.25. The summed E-state index contributed by atoms with van der Waals surface area (Å²) in [5, 5.41) is 6.66. The van der Waals surface area contributed by atoms with E-state index in [1.54, 1.807) is 0 Å². The van der Waals surface area contributed by atoms with Gasteiger partial charge in [0.2, 0.25) is 0 Å². The van der Waals surface area contributed by atoms with Crippen LogP contribution in [0.2, 0.25) is 0 Å². The van der Waals surface area contributed by atoms with E-state index in [9.17, 15) is 0 Å². The molecule has 0 saturated heterocycles. The van der Waals surface area contributed by atoms with Crippen LogP contribution in [-0.4, -0.2) is 42.1 Å². The van der Waals surface area contributed by atoms with Gasteiger partial charge in [-0.15, -0.1) is 0 Å². The summed E-state index contributed by atoms with van der Waals surface area (Å²) >= 11 is 0. The minimum atomic E-state index is 0.758. The molecule has 5 nitrogen and oxygen atoms in total. The summed E-state index contributed by atoms with van der Waals surface area (Å²) in [5.41, 5.74) is 1.23. The predicted octanol–water partition coefficient (Wildman–Crippen LogP) is 2.37. The minimum absolute atomic E-state index is 0.758. The Balaban J connectivity index is 1.94. The lowest BCUT2D eigenvalue weighted by atomic mass is 10.2. The Morgan fingerprint density at radius 2 is 1.67 bits per heavy atom. The fourth-order valence-electron chi connectivity index (χ4n) is 1.94. The van der Waals surface area contributed by atoms with Crippen molar-refractivity contribution in [3.8, 4) is 0 Å². The van der Waals surface area contributed by atoms with Crippen LogP contribution < -0.4 is 10.6 Å². The molecule has 2 N–H and O–H groups in total. The van der Waals surface area contributed by atoms with Crippen molar-refractivity contribution in [1.29, 1.82) is 0 Å². The SMILES string of the molecule is Cc1nc(NCCN(C)C)cc(NCc2ccccc2)n1. The van der Waals surface area contributed by atoms with E-state index in [1.165, 1.54) is 5.56 Å². The molecule has 0 saturated carbocycles. The molecule has 2 rings (SSSR count). The third-order valence-electron chi connectivity index (χ3n) is 3.02. The minimum Gasteiger partial charge on any atom is -0.369 e. The van der Waals surface area contributed by atoms with Gasteiger partial charge in [0, 0.05) is 25.7 Å². The maximum Gasteiger partial charge on any atom is 0.132 e. The van der Waals surface area contributed by atoms with Crippen LogP contribution in [0, 0.1) is 6.92 Å². The maximum absolute atomic E-state index is 4.42. The first kappa shape index (κ1) is 15.3. The van der Waals surface area contributed by atoms with E-state index in [1.807, 2.05) is 31.2 Å². The number of aromatic nitrogens is 2. The van der Waals surface area contributed by atoms with Crippen LogP contribution in [0.5, 0.6) is 0 Å². The number of aryl methyl sites for hydroxylation is 1. The Labute approximate surface area is 126 Å². The molecule has 1 aromatic heterocycles. The van der Waals surface area contributed by atoms with Crippen LogP contribution in [0.15, 0.2) is 36.4 Å². The van der Waals surface area contributed by atoms with Crippen molar-refractivity contribution in [3.05, 3.63) is 47.8 Å². The molecular weight excluding hydrogens is 262 g/mol. The summed E-state index contributed by atoms with van der Waals surface area (Å²) in [6, 6.07) is 12.2. The third kappa shape index (κ3) is 5.39. The smallest absolute Gasteiger partial charge is 0.132 e. The first-order valence-corrected chi connectivity index (χ1v) is 7.15. The molecule has 0 aliphatic rings. The molecule has 0 aliphatic carbocycles. The van der Waals surface area contributed by atoms with Gasteiger partial charge in [0.15, 0.2) is 0 Å². The second-order valence-corrected chi connectivity index (χ2v) is 5.25. The fourth-order valence-corrected chi connectivity index (χ4v) is 1.94. The monoisotopic (exact) mass is 285 g/mol. The zero-order valence-electron chi connectivity index (χ0n) is 12.9. The molecule has 1 heterocycles. The van der Waals surface area contributed by atoms with E-state index in [0.29, 0.717) is 0 Å². The predicted molar refractivity (Wildman–Crippen MR) is 87.6 cm³/mol. The number of benzene rings is 1. The van der Waals surface area contributed by atoms with E-state index in [-0.39, 0.29) is 0 Å². The van der Waals surface area contributed by atoms with Gasteiger partial charge in [-0.3, -0.25) is 0 Å². The molecule has 2 aromatic rings. The number of nitrogens with zero attached hydrogens (tertiary/aromatic N) is 3. The number of hydrogen-bond acceptors (Lipinski definition) is 5. The molecule has 112 valence electrons. The number of rotatable bonds is 7. The third-order valence-corrected chi connectivity index (χ3v) is 3.02. The molecule has 21 heavy (non-hydrogen) atoms. The Hall–Kier alpha value is -2.14. The number of likely N-dealkylation sites (N-methyl/N-ethyl adjacent to an activating group) is 1. The van der Waals surface area contributed by atoms with Gasteiger partial charge < -0.3 is 15.5 Å². The van der Waals surface area contributed by atoms with Gasteiger partial charge in [-0.1, -0.05) is 30.3 Å². The molecule has 1 aromatic carbocycles. The molecule has 0 spiro atoms. The highest BCUT2D eigenvalue weighted by molar-refractivity contribution is 5.47. The molecule has 0 bridgehead atoms. The van der Waals surface area contributed by atoms with Gasteiger partial charge in [-0.25, -0.2) is 9.97 Å². The molecule has 0 radical (unpaired) electrons. The highest BCUT2D eigenvalue weighted by Crippen LogP contribution is 2.12. The normalized spacial score (nSPS) is 10.7. The van der Waals surface area contributed by atoms with Crippen molar-refractivity contribution in [3.63, 3.8) is 0 Å². The van der Waals surface area contributed by atoms with Gasteiger partial charge >= 0.3 is 0 Å². The number of nitrogens with one attached hydrogen (secondary N) is 2. The Morgan fingerprint density at radius 1 is 1.00 bits per heavy atom. The van der Waals surface area contributed by atoms with Crippen molar-refractivity contribution in [2.75, 3.05) is 37.8 Å². The van der Waals surface area contributed by atoms with E-state index in [2.05, 4.69) is 51.7 Å². The lowest BCUT2D eigenvalue weighted by Crippen LogP contribution is -2.21. The summed E-state index contributed by atoms with van der Waals surface area (Å²) in [5.74, 6) is 2.47. The van der Waals surface area contributed by atoms with Gasteiger partial charge in [-0.05, 0) is 26.6 Å². The van der Waals surface area contributed by atoms with E-state index in [0.717, 1.165) is 37.1 Å². The average molecular weight is 285 g/mol. The molecule has 0 fully saturated rings. The van der Waals surface area contributed by atoms with Crippen LogP contribution in [0.25, 0.3) is 0 Å². The zero-order valence-corrected chi connectivity index (χ0v) is 12.9. The van der Waals surface area contributed by atoms with Crippen molar-refractivity contribution in [1.82, 2.24) is 14.9 Å². The maximum atomic E-state index is 4.42. The topological polar surface area (TPSA) is 53.1 Å². The van der Waals surface area contributed by atoms with Gasteiger partial charge in [0.05, 0.1) is 0 Å². The van der Waals surface area contributed by atoms with E-state index >= 15 is 0 Å². The molecule has 0 aliphatic heterocycles. The standard InChI is InChI=1S/C16H23N5/c1-13-19-15(17-9-10-21(2)3)11-16(20-13)18-12-14-7-5-4-6-8-14/h4-8,11H,9-10,12H2,1-3H3,(H2,17,18,19,20). The fraction of sp³-hybridized carbons (Fsp3) is 0.375. The first-order chi connectivity index (χ1) is 10.1. The van der Waals surface area contributed by atoms with Crippen molar-refractivity contribution < 1.29 is 0 Å². The van der Waals surface area contributed by atoms with Crippen molar-refractivity contribution >= 4 is 11.6 Å². The lowest BCUT2D eigenvalue weighted by Gasteiger charge is -2.12. The summed E-state index contributed by atoms with van der Waals surface area (Å²) < 4.78 is 0. The van der Waals surface area contributed by atoms with Crippen LogP contribution in [-0.2, 0) is 6.54 Å². The molecular formula is C16H23N5. The number of hydrogen-bond donors (Lipinski definition) is 2. The molecule has 5 heteroatoms. The molecule has 0 amide bonds. The Kier molecular flexibility index (Phi) is 5.51. The highest BCUT2D eigenvalue weighted by atomic mass is 15.1. The lowest BCUT2D eigenvalue weighted by molar-refractivity contribution is 0.425. The van der Waals surface area contributed by atoms with E-state index < -0.39 is 0 Å². The van der Waals surface area contributed by atoms with E-state index in [4.69, 9.17) is 0 Å². The summed E-state index contributed by atoms with van der Waals surface area (Å²) in [4.78, 5) is 11.0. The largest absolute Gasteiger partial charge is 0.369 e.